The van der Waals surface area contributed by atoms with Crippen molar-refractivity contribution in [2.75, 3.05) is 0 Å². The number of H-pyrrole nitrogens is 1. The van der Waals surface area contributed by atoms with Crippen LogP contribution in [0.25, 0.3) is 26.7 Å². The molecule has 0 fully saturated rings. The Labute approximate surface area is 158 Å². The Hall–Kier alpha value is -3.07. The van der Waals surface area contributed by atoms with Gasteiger partial charge in [0.2, 0.25) is 4.96 Å². The first-order chi connectivity index (χ1) is 13.2. The van der Waals surface area contributed by atoms with E-state index in [4.69, 9.17) is 0 Å². The number of hydrogen-bond acceptors (Lipinski definition) is 6. The van der Waals surface area contributed by atoms with Gasteiger partial charge in [-0.2, -0.15) is 14.7 Å². The van der Waals surface area contributed by atoms with Crippen LogP contribution >= 0.6 is 11.3 Å². The Morgan fingerprint density at radius 3 is 2.96 bits per heavy atom. The van der Waals surface area contributed by atoms with Gasteiger partial charge in [0.15, 0.2) is 10.8 Å². The molecule has 5 aromatic rings. The lowest BCUT2D eigenvalue weighted by atomic mass is 10.1. The van der Waals surface area contributed by atoms with Crippen LogP contribution in [0, 0.1) is 5.92 Å². The minimum Gasteiger partial charge on any atom is -0.323 e. The van der Waals surface area contributed by atoms with Gasteiger partial charge in [-0.3, -0.25) is 5.10 Å². The maximum atomic E-state index is 4.69. The largest absolute Gasteiger partial charge is 0.323 e. The fourth-order valence-electron chi connectivity index (χ4n) is 3.16. The zero-order valence-corrected chi connectivity index (χ0v) is 15.8. The molecule has 1 N–H and O–H groups in total. The summed E-state index contributed by atoms with van der Waals surface area (Å²) in [6.07, 6.45) is 2.79. The molecule has 5 rings (SSSR count). The molecule has 0 saturated carbocycles. The quantitative estimate of drug-likeness (QED) is 0.507. The number of aromatic nitrogens is 8. The smallest absolute Gasteiger partial charge is 0.235 e. The Morgan fingerprint density at radius 2 is 2.07 bits per heavy atom. The highest BCUT2D eigenvalue weighted by Gasteiger charge is 2.16. The second-order valence-electron chi connectivity index (χ2n) is 6.96. The van der Waals surface area contributed by atoms with Crippen molar-refractivity contribution in [3.63, 3.8) is 0 Å². The highest BCUT2D eigenvalue weighted by atomic mass is 32.1. The molecule has 0 spiro atoms. The lowest BCUT2D eigenvalue weighted by molar-refractivity contribution is 0.633. The number of fused-ring (bicyclic) bond motifs is 2. The molecule has 1 aromatic carbocycles. The maximum Gasteiger partial charge on any atom is 0.235 e. The average molecular weight is 378 g/mol. The molecule has 0 aliphatic heterocycles. The lowest BCUT2D eigenvalue weighted by Crippen LogP contribution is -2.04. The van der Waals surface area contributed by atoms with Crippen molar-refractivity contribution in [2.24, 2.45) is 5.92 Å². The van der Waals surface area contributed by atoms with Gasteiger partial charge in [0.1, 0.15) is 5.69 Å². The standard InChI is InChI=1S/C18H18N8S/c1-11(2)7-12-8-14(21-20-12)17-24-26-16(22-23-18(26)27-17)9-25-10-19-13-5-3-4-6-15(13)25/h3-6,8,10-11H,7,9H2,1-2H3,(H,20,21). The SMILES string of the molecule is CC(C)Cc1cc(-c2nn3c(Cn4cnc5ccccc54)nnc3s2)n[nH]1. The van der Waals surface area contributed by atoms with Crippen LogP contribution in [-0.4, -0.2) is 39.6 Å². The van der Waals surface area contributed by atoms with Crippen molar-refractivity contribution in [3.05, 3.63) is 48.2 Å². The molecule has 4 aromatic heterocycles. The summed E-state index contributed by atoms with van der Waals surface area (Å²) in [7, 11) is 0. The summed E-state index contributed by atoms with van der Waals surface area (Å²) in [6, 6.07) is 10.1. The van der Waals surface area contributed by atoms with Gasteiger partial charge in [-0.15, -0.1) is 10.2 Å². The number of aromatic amines is 1. The summed E-state index contributed by atoms with van der Waals surface area (Å²) < 4.78 is 3.85. The van der Waals surface area contributed by atoms with Gasteiger partial charge in [0, 0.05) is 5.69 Å². The normalized spacial score (nSPS) is 12.0. The third-order valence-electron chi connectivity index (χ3n) is 4.37. The second-order valence-corrected chi connectivity index (χ2v) is 7.91. The number of benzene rings is 1. The van der Waals surface area contributed by atoms with Gasteiger partial charge >= 0.3 is 0 Å². The van der Waals surface area contributed by atoms with E-state index in [1.165, 1.54) is 11.3 Å². The third kappa shape index (κ3) is 2.89. The molecule has 0 aliphatic carbocycles. The van der Waals surface area contributed by atoms with Crippen molar-refractivity contribution in [3.8, 4) is 10.7 Å². The van der Waals surface area contributed by atoms with Crippen LogP contribution in [0.3, 0.4) is 0 Å². The minimum absolute atomic E-state index is 0.560. The molecule has 27 heavy (non-hydrogen) atoms. The molecule has 0 unspecified atom stereocenters. The van der Waals surface area contributed by atoms with E-state index in [0.29, 0.717) is 12.5 Å². The molecule has 0 radical (unpaired) electrons. The molecule has 0 bridgehead atoms. The predicted octanol–water partition coefficient (Wildman–Crippen LogP) is 3.17. The van der Waals surface area contributed by atoms with Crippen LogP contribution in [0.5, 0.6) is 0 Å². The second kappa shape index (κ2) is 6.27. The van der Waals surface area contributed by atoms with Crippen LogP contribution in [0.4, 0.5) is 0 Å². The molecule has 9 heteroatoms. The fourth-order valence-corrected chi connectivity index (χ4v) is 3.98. The number of nitrogens with one attached hydrogen (secondary N) is 1. The summed E-state index contributed by atoms with van der Waals surface area (Å²) in [5, 5.41) is 21.6. The summed E-state index contributed by atoms with van der Waals surface area (Å²) in [5.74, 6) is 1.35. The Balaban J connectivity index is 1.47. The first-order valence-corrected chi connectivity index (χ1v) is 9.64. The third-order valence-corrected chi connectivity index (χ3v) is 5.29. The number of hydrogen-bond donors (Lipinski definition) is 1. The van der Waals surface area contributed by atoms with E-state index in [0.717, 1.165) is 44.6 Å². The molecule has 136 valence electrons. The van der Waals surface area contributed by atoms with Crippen LogP contribution in [0.15, 0.2) is 36.7 Å². The lowest BCUT2D eigenvalue weighted by Gasteiger charge is -2.01. The Bertz CT molecular complexity index is 1220. The minimum atomic E-state index is 0.560. The summed E-state index contributed by atoms with van der Waals surface area (Å²) in [4.78, 5) is 5.19. The van der Waals surface area contributed by atoms with Crippen molar-refractivity contribution >= 4 is 27.3 Å². The monoisotopic (exact) mass is 378 g/mol. The van der Waals surface area contributed by atoms with Gasteiger partial charge in [-0.25, -0.2) is 4.98 Å². The molecule has 0 amide bonds. The van der Waals surface area contributed by atoms with Crippen molar-refractivity contribution in [1.82, 2.24) is 39.6 Å². The number of imidazole rings is 1. The van der Waals surface area contributed by atoms with E-state index < -0.39 is 0 Å². The molecule has 4 heterocycles. The zero-order valence-electron chi connectivity index (χ0n) is 15.0. The van der Waals surface area contributed by atoms with Gasteiger partial charge < -0.3 is 4.57 Å². The van der Waals surface area contributed by atoms with E-state index in [2.05, 4.69) is 55.0 Å². The average Bonchev–Trinajstić information content (AvgIpc) is 3.40. The number of rotatable bonds is 5. The molecule has 8 nitrogen and oxygen atoms in total. The van der Waals surface area contributed by atoms with E-state index >= 15 is 0 Å². The summed E-state index contributed by atoms with van der Waals surface area (Å²) in [6.45, 7) is 4.94. The van der Waals surface area contributed by atoms with Gasteiger partial charge in [-0.1, -0.05) is 37.3 Å². The van der Waals surface area contributed by atoms with Gasteiger partial charge in [-0.05, 0) is 30.5 Å². The van der Waals surface area contributed by atoms with Crippen LogP contribution < -0.4 is 0 Å². The van der Waals surface area contributed by atoms with Gasteiger partial charge in [0.25, 0.3) is 0 Å². The molecule has 0 saturated heterocycles. The summed E-state index contributed by atoms with van der Waals surface area (Å²) >= 11 is 1.49. The topological polar surface area (TPSA) is 89.6 Å². The zero-order chi connectivity index (χ0) is 18.4. The Kier molecular flexibility index (Phi) is 3.75. The summed E-state index contributed by atoms with van der Waals surface area (Å²) in [5.41, 5.74) is 4.00. The van der Waals surface area contributed by atoms with Crippen molar-refractivity contribution in [2.45, 2.75) is 26.8 Å². The van der Waals surface area contributed by atoms with Gasteiger partial charge in [0.05, 0.1) is 23.9 Å². The van der Waals surface area contributed by atoms with E-state index in [1.54, 1.807) is 4.52 Å². The van der Waals surface area contributed by atoms with E-state index in [9.17, 15) is 0 Å². The van der Waals surface area contributed by atoms with Crippen molar-refractivity contribution < 1.29 is 0 Å². The highest BCUT2D eigenvalue weighted by molar-refractivity contribution is 7.19. The Morgan fingerprint density at radius 1 is 1.19 bits per heavy atom. The maximum absolute atomic E-state index is 4.69. The van der Waals surface area contributed by atoms with E-state index in [1.807, 2.05) is 30.6 Å². The highest BCUT2D eigenvalue weighted by Crippen LogP contribution is 2.25. The molecular formula is C18H18N8S. The predicted molar refractivity (Wildman–Crippen MR) is 104 cm³/mol. The van der Waals surface area contributed by atoms with Crippen LogP contribution in [0.1, 0.15) is 25.4 Å². The van der Waals surface area contributed by atoms with Crippen LogP contribution in [0.2, 0.25) is 0 Å². The van der Waals surface area contributed by atoms with E-state index in [-0.39, 0.29) is 0 Å². The number of para-hydroxylation sites is 2. The molecule has 0 aliphatic rings. The first kappa shape index (κ1) is 16.1. The molecular weight excluding hydrogens is 360 g/mol. The molecule has 0 atom stereocenters. The number of nitrogens with zero attached hydrogens (tertiary/aromatic N) is 7. The van der Waals surface area contributed by atoms with Crippen LogP contribution in [-0.2, 0) is 13.0 Å². The first-order valence-electron chi connectivity index (χ1n) is 8.83. The van der Waals surface area contributed by atoms with Crippen molar-refractivity contribution in [1.29, 1.82) is 0 Å². The fraction of sp³-hybridized carbons (Fsp3) is 0.278.